The zero-order valence-corrected chi connectivity index (χ0v) is 14.3. The number of hydrogen-bond donors (Lipinski definition) is 0. The van der Waals surface area contributed by atoms with E-state index in [0.717, 1.165) is 39.1 Å². The molecule has 0 unspecified atom stereocenters. The number of thioether (sulfide) groups is 1. The molecule has 1 saturated heterocycles. The molecule has 0 aliphatic carbocycles. The lowest BCUT2D eigenvalue weighted by Crippen LogP contribution is -2.23. The SMILES string of the molecule is S=C(SCc1cc2c(cc1Br)OCCO2)N1CCCC1. The van der Waals surface area contributed by atoms with Crippen molar-refractivity contribution in [2.24, 2.45) is 0 Å². The van der Waals surface area contributed by atoms with E-state index in [1.807, 2.05) is 6.07 Å². The predicted octanol–water partition coefficient (Wildman–Crippen LogP) is 3.83. The Kier molecular flexibility index (Phi) is 4.73. The number of fused-ring (bicyclic) bond motifs is 1. The molecule has 0 spiro atoms. The molecule has 1 aromatic carbocycles. The molecule has 2 heterocycles. The zero-order valence-electron chi connectivity index (χ0n) is 11.1. The molecule has 0 atom stereocenters. The van der Waals surface area contributed by atoms with E-state index in [0.29, 0.717) is 13.2 Å². The Balaban J connectivity index is 1.66. The third-order valence-electron chi connectivity index (χ3n) is 3.43. The molecule has 0 N–H and O–H groups in total. The Hall–Kier alpha value is -0.460. The number of nitrogens with zero attached hydrogens (tertiary/aromatic N) is 1. The minimum Gasteiger partial charge on any atom is -0.486 e. The second kappa shape index (κ2) is 6.54. The van der Waals surface area contributed by atoms with Crippen molar-refractivity contribution < 1.29 is 9.47 Å². The monoisotopic (exact) mass is 373 g/mol. The van der Waals surface area contributed by atoms with Crippen LogP contribution in [0.5, 0.6) is 11.5 Å². The minimum atomic E-state index is 0.618. The van der Waals surface area contributed by atoms with E-state index in [1.165, 1.54) is 18.4 Å². The highest BCUT2D eigenvalue weighted by atomic mass is 79.9. The molecule has 1 fully saturated rings. The second-order valence-electron chi connectivity index (χ2n) is 4.84. The number of likely N-dealkylation sites (tertiary alicyclic amines) is 1. The summed E-state index contributed by atoms with van der Waals surface area (Å²) in [6, 6.07) is 4.04. The molecule has 108 valence electrons. The topological polar surface area (TPSA) is 21.7 Å². The van der Waals surface area contributed by atoms with Crippen LogP contribution in [0.4, 0.5) is 0 Å². The fourth-order valence-corrected chi connectivity index (χ4v) is 4.24. The van der Waals surface area contributed by atoms with E-state index in [4.69, 9.17) is 21.7 Å². The van der Waals surface area contributed by atoms with Crippen LogP contribution in [-0.2, 0) is 5.75 Å². The second-order valence-corrected chi connectivity index (χ2v) is 7.30. The molecular weight excluding hydrogens is 358 g/mol. The maximum absolute atomic E-state index is 5.63. The maximum atomic E-state index is 5.63. The lowest BCUT2D eigenvalue weighted by molar-refractivity contribution is 0.171. The van der Waals surface area contributed by atoms with Crippen LogP contribution in [0.2, 0.25) is 0 Å². The lowest BCUT2D eigenvalue weighted by Gasteiger charge is -2.21. The molecule has 6 heteroatoms. The van der Waals surface area contributed by atoms with Gasteiger partial charge in [0.1, 0.15) is 17.5 Å². The van der Waals surface area contributed by atoms with Gasteiger partial charge >= 0.3 is 0 Å². The van der Waals surface area contributed by atoms with Gasteiger partial charge in [0.05, 0.1) is 0 Å². The van der Waals surface area contributed by atoms with Crippen molar-refractivity contribution in [3.63, 3.8) is 0 Å². The minimum absolute atomic E-state index is 0.618. The van der Waals surface area contributed by atoms with Crippen LogP contribution in [0.1, 0.15) is 18.4 Å². The average molecular weight is 374 g/mol. The third kappa shape index (κ3) is 3.23. The summed E-state index contributed by atoms with van der Waals surface area (Å²) < 4.78 is 13.3. The highest BCUT2D eigenvalue weighted by Crippen LogP contribution is 2.37. The van der Waals surface area contributed by atoms with Crippen molar-refractivity contribution in [2.75, 3.05) is 26.3 Å². The fourth-order valence-electron chi connectivity index (χ4n) is 2.35. The summed E-state index contributed by atoms with van der Waals surface area (Å²) >= 11 is 10.8. The van der Waals surface area contributed by atoms with Crippen molar-refractivity contribution >= 4 is 44.2 Å². The summed E-state index contributed by atoms with van der Waals surface area (Å²) in [6.45, 7) is 3.45. The summed E-state index contributed by atoms with van der Waals surface area (Å²) in [6.07, 6.45) is 2.52. The Morgan fingerprint density at radius 1 is 1.20 bits per heavy atom. The first-order chi connectivity index (χ1) is 9.74. The van der Waals surface area contributed by atoms with Gasteiger partial charge < -0.3 is 14.4 Å². The van der Waals surface area contributed by atoms with Crippen molar-refractivity contribution in [2.45, 2.75) is 18.6 Å². The lowest BCUT2D eigenvalue weighted by atomic mass is 10.2. The van der Waals surface area contributed by atoms with Crippen LogP contribution < -0.4 is 9.47 Å². The highest BCUT2D eigenvalue weighted by Gasteiger charge is 2.18. The fraction of sp³-hybridized carbons (Fsp3) is 0.500. The van der Waals surface area contributed by atoms with Crippen LogP contribution in [0, 0.1) is 0 Å². The molecule has 0 bridgehead atoms. The molecular formula is C14H16BrNO2S2. The van der Waals surface area contributed by atoms with Gasteiger partial charge in [-0.25, -0.2) is 0 Å². The summed E-state index contributed by atoms with van der Waals surface area (Å²) in [5, 5.41) is 0. The van der Waals surface area contributed by atoms with Gasteiger partial charge in [-0.2, -0.15) is 0 Å². The number of rotatable bonds is 2. The molecule has 0 radical (unpaired) electrons. The van der Waals surface area contributed by atoms with E-state index < -0.39 is 0 Å². The van der Waals surface area contributed by atoms with E-state index in [2.05, 4.69) is 26.9 Å². The van der Waals surface area contributed by atoms with E-state index >= 15 is 0 Å². The van der Waals surface area contributed by atoms with Crippen molar-refractivity contribution in [3.05, 3.63) is 22.2 Å². The van der Waals surface area contributed by atoms with Crippen molar-refractivity contribution in [3.8, 4) is 11.5 Å². The Morgan fingerprint density at radius 2 is 1.85 bits per heavy atom. The first-order valence-corrected chi connectivity index (χ1v) is 8.92. The van der Waals surface area contributed by atoms with Crippen LogP contribution >= 0.6 is 39.9 Å². The summed E-state index contributed by atoms with van der Waals surface area (Å²) in [5.74, 6) is 2.51. The van der Waals surface area contributed by atoms with Gasteiger partial charge in [0.2, 0.25) is 0 Å². The third-order valence-corrected chi connectivity index (χ3v) is 5.74. The standard InChI is InChI=1S/C14H16BrNO2S2/c15-11-8-13-12(17-5-6-18-13)7-10(11)9-20-14(19)16-3-1-2-4-16/h7-8H,1-6,9H2. The largest absolute Gasteiger partial charge is 0.486 e. The van der Waals surface area contributed by atoms with Gasteiger partial charge in [-0.15, -0.1) is 0 Å². The quantitative estimate of drug-likeness (QED) is 0.732. The first kappa shape index (κ1) is 14.5. The molecule has 0 aromatic heterocycles. The number of thiocarbonyl (C=S) groups is 1. The number of ether oxygens (including phenoxy) is 2. The Bertz CT molecular complexity index is 518. The van der Waals surface area contributed by atoms with Crippen LogP contribution in [0.15, 0.2) is 16.6 Å². The van der Waals surface area contributed by atoms with Crippen LogP contribution in [0.3, 0.4) is 0 Å². The average Bonchev–Trinajstić information content (AvgIpc) is 2.99. The molecule has 2 aliphatic heterocycles. The van der Waals surface area contributed by atoms with Gasteiger partial charge in [-0.05, 0) is 30.5 Å². The van der Waals surface area contributed by atoms with E-state index in [1.54, 1.807) is 11.8 Å². The van der Waals surface area contributed by atoms with Crippen LogP contribution in [0.25, 0.3) is 0 Å². The molecule has 2 aliphatic rings. The maximum Gasteiger partial charge on any atom is 0.162 e. The van der Waals surface area contributed by atoms with E-state index in [-0.39, 0.29) is 0 Å². The molecule has 1 aromatic rings. The highest BCUT2D eigenvalue weighted by molar-refractivity contribution is 9.10. The van der Waals surface area contributed by atoms with Gasteiger partial charge in [0.25, 0.3) is 0 Å². The Morgan fingerprint density at radius 3 is 2.55 bits per heavy atom. The van der Waals surface area contributed by atoms with Gasteiger partial charge in [-0.3, -0.25) is 0 Å². The smallest absolute Gasteiger partial charge is 0.162 e. The van der Waals surface area contributed by atoms with Crippen molar-refractivity contribution in [1.82, 2.24) is 4.90 Å². The summed E-state index contributed by atoms with van der Waals surface area (Å²) in [7, 11) is 0. The van der Waals surface area contributed by atoms with Crippen LogP contribution in [-0.4, -0.2) is 35.5 Å². The zero-order chi connectivity index (χ0) is 13.9. The molecule has 3 rings (SSSR count). The van der Waals surface area contributed by atoms with Crippen molar-refractivity contribution in [1.29, 1.82) is 0 Å². The predicted molar refractivity (Wildman–Crippen MR) is 89.8 cm³/mol. The normalized spacial score (nSPS) is 17.4. The van der Waals surface area contributed by atoms with Gasteiger partial charge in [0, 0.05) is 23.3 Å². The van der Waals surface area contributed by atoms with Gasteiger partial charge in [-0.1, -0.05) is 39.9 Å². The number of benzene rings is 1. The number of halogens is 1. The molecule has 3 nitrogen and oxygen atoms in total. The molecule has 0 saturated carbocycles. The first-order valence-electron chi connectivity index (χ1n) is 6.74. The summed E-state index contributed by atoms with van der Waals surface area (Å²) in [5.41, 5.74) is 1.20. The van der Waals surface area contributed by atoms with E-state index in [9.17, 15) is 0 Å². The summed E-state index contributed by atoms with van der Waals surface area (Å²) in [4.78, 5) is 2.30. The number of hydrogen-bond acceptors (Lipinski definition) is 4. The Labute approximate surface area is 137 Å². The van der Waals surface area contributed by atoms with Gasteiger partial charge in [0.15, 0.2) is 11.5 Å². The molecule has 0 amide bonds. The molecule has 20 heavy (non-hydrogen) atoms.